The van der Waals surface area contributed by atoms with Gasteiger partial charge in [-0.3, -0.25) is 13.9 Å². The number of hydrogen-bond donors (Lipinski definition) is 4. The highest BCUT2D eigenvalue weighted by Crippen LogP contribution is 2.37. The fourth-order valence-corrected chi connectivity index (χ4v) is 2.17. The molecule has 1 aromatic heterocycles. The molecule has 0 saturated heterocycles. The summed E-state index contributed by atoms with van der Waals surface area (Å²) in [6.45, 7) is 0.789. The number of carbonyl (C=O) groups is 1. The van der Waals surface area contributed by atoms with Crippen LogP contribution < -0.4 is 21.1 Å². The maximum atomic E-state index is 11.6. The third kappa shape index (κ3) is 7.05. The van der Waals surface area contributed by atoms with E-state index in [-0.39, 0.29) is 18.3 Å². The van der Waals surface area contributed by atoms with E-state index in [4.69, 9.17) is 15.4 Å². The molecule has 12 heteroatoms. The van der Waals surface area contributed by atoms with Crippen LogP contribution in [0.5, 0.6) is 5.75 Å². The van der Waals surface area contributed by atoms with Crippen LogP contribution in [-0.4, -0.2) is 42.8 Å². The molecule has 1 aromatic carbocycles. The Hall–Kier alpha value is -2.85. The van der Waals surface area contributed by atoms with Gasteiger partial charge in [0.1, 0.15) is 22.9 Å². The molecule has 150 valence electrons. The van der Waals surface area contributed by atoms with E-state index in [0.717, 1.165) is 6.66 Å². The zero-order valence-corrected chi connectivity index (χ0v) is 16.2. The summed E-state index contributed by atoms with van der Waals surface area (Å²) in [5.41, 5.74) is 6.52. The van der Waals surface area contributed by atoms with Gasteiger partial charge in [-0.15, -0.1) is 10.2 Å². The molecule has 5 N–H and O–H groups in total. The van der Waals surface area contributed by atoms with E-state index < -0.39 is 14.4 Å². The Kier molecular flexibility index (Phi) is 7.59. The van der Waals surface area contributed by atoms with Crippen LogP contribution in [-0.2, 0) is 13.9 Å². The van der Waals surface area contributed by atoms with Crippen LogP contribution >= 0.6 is 7.60 Å². The molecule has 0 fully saturated rings. The smallest absolute Gasteiger partial charge is 0.327 e. The highest BCUT2D eigenvalue weighted by atomic mass is 31.2. The number of rotatable bonds is 9. The number of nitrogens with two attached hydrogens (primary N) is 1. The average Bonchev–Trinajstić information content (AvgIpc) is 2.61. The maximum Gasteiger partial charge on any atom is 0.327 e. The van der Waals surface area contributed by atoms with Crippen LogP contribution in [0.2, 0.25) is 0 Å². The number of nitrogen functional groups attached to an aromatic ring is 1. The highest BCUT2D eigenvalue weighted by molar-refractivity contribution is 7.51. The van der Waals surface area contributed by atoms with Gasteiger partial charge in [-0.1, -0.05) is 12.1 Å². The number of para-hydroxylation sites is 1. The normalized spacial score (nSPS) is 13.2. The standard InChI is InChI=1S/C16H21N6O5P/c1-18-9-15(23)19-14-8-7-12(16(17)20-14)22-21-11-5-3-4-6-13(11)26-10-27-28(2,24)25/h3-8,18H,9-10H2,1-2H3,(H,24,25)(H3,17,19,20,23). The Morgan fingerprint density at radius 1 is 1.25 bits per heavy atom. The molecule has 1 atom stereocenters. The second kappa shape index (κ2) is 9.90. The van der Waals surface area contributed by atoms with Crippen LogP contribution in [0.1, 0.15) is 0 Å². The largest absolute Gasteiger partial charge is 0.465 e. The van der Waals surface area contributed by atoms with Gasteiger partial charge in [0, 0.05) is 6.66 Å². The van der Waals surface area contributed by atoms with Crippen molar-refractivity contribution in [3.05, 3.63) is 36.4 Å². The lowest BCUT2D eigenvalue weighted by Crippen LogP contribution is -2.25. The van der Waals surface area contributed by atoms with E-state index in [1.807, 2.05) is 0 Å². The van der Waals surface area contributed by atoms with Gasteiger partial charge in [0.05, 0.1) is 6.54 Å². The number of pyridine rings is 1. The van der Waals surface area contributed by atoms with E-state index in [9.17, 15) is 9.36 Å². The Bertz CT molecular complexity index is 901. The lowest BCUT2D eigenvalue weighted by Gasteiger charge is -2.10. The van der Waals surface area contributed by atoms with Gasteiger partial charge < -0.3 is 26.0 Å². The number of aromatic nitrogens is 1. The Balaban J connectivity index is 2.09. The van der Waals surface area contributed by atoms with Crippen molar-refractivity contribution in [2.75, 3.05) is 38.1 Å². The first kappa shape index (κ1) is 21.5. The maximum absolute atomic E-state index is 11.6. The molecule has 0 aliphatic heterocycles. The SMILES string of the molecule is CNCC(=O)Nc1ccc(N=Nc2ccccc2OCOP(C)(=O)O)c(N)n1. The molecule has 0 spiro atoms. The molecule has 0 radical (unpaired) electrons. The number of carbonyl (C=O) groups excluding carboxylic acids is 1. The molecular formula is C16H21N6O5P. The van der Waals surface area contributed by atoms with Crippen molar-refractivity contribution in [2.24, 2.45) is 10.2 Å². The van der Waals surface area contributed by atoms with Gasteiger partial charge in [-0.2, -0.15) is 0 Å². The third-order valence-electron chi connectivity index (χ3n) is 3.14. The minimum atomic E-state index is -3.64. The van der Waals surface area contributed by atoms with E-state index >= 15 is 0 Å². The van der Waals surface area contributed by atoms with Gasteiger partial charge in [-0.05, 0) is 31.3 Å². The molecule has 0 saturated carbocycles. The predicted octanol–water partition coefficient (Wildman–Crippen LogP) is 2.41. The third-order valence-corrected chi connectivity index (χ3v) is 3.73. The minimum Gasteiger partial charge on any atom is -0.465 e. The lowest BCUT2D eigenvalue weighted by molar-refractivity contribution is -0.115. The number of hydrogen-bond acceptors (Lipinski definition) is 9. The van der Waals surface area contributed by atoms with E-state index in [0.29, 0.717) is 22.9 Å². The molecule has 28 heavy (non-hydrogen) atoms. The highest BCUT2D eigenvalue weighted by Gasteiger charge is 2.11. The number of amides is 1. The van der Waals surface area contributed by atoms with Crippen molar-refractivity contribution < 1.29 is 23.5 Å². The van der Waals surface area contributed by atoms with Crippen LogP contribution in [0.15, 0.2) is 46.6 Å². The van der Waals surface area contributed by atoms with Crippen molar-refractivity contribution in [2.45, 2.75) is 0 Å². The van der Waals surface area contributed by atoms with Crippen molar-refractivity contribution in [1.82, 2.24) is 10.3 Å². The molecule has 0 aliphatic carbocycles. The summed E-state index contributed by atoms with van der Waals surface area (Å²) in [6.07, 6.45) is 0. The average molecular weight is 408 g/mol. The van der Waals surface area contributed by atoms with Gasteiger partial charge in [0.25, 0.3) is 0 Å². The second-order valence-electron chi connectivity index (χ2n) is 5.54. The molecule has 2 rings (SSSR count). The Labute approximate surface area is 161 Å². The first-order chi connectivity index (χ1) is 13.3. The summed E-state index contributed by atoms with van der Waals surface area (Å²) in [4.78, 5) is 24.7. The number of nitrogens with one attached hydrogen (secondary N) is 2. The van der Waals surface area contributed by atoms with Crippen molar-refractivity contribution in [3.8, 4) is 5.75 Å². The summed E-state index contributed by atoms with van der Waals surface area (Å²) in [7, 11) is -1.99. The molecule has 1 heterocycles. The van der Waals surface area contributed by atoms with Crippen molar-refractivity contribution in [1.29, 1.82) is 0 Å². The zero-order valence-electron chi connectivity index (χ0n) is 15.3. The quantitative estimate of drug-likeness (QED) is 0.279. The molecule has 0 bridgehead atoms. The van der Waals surface area contributed by atoms with E-state index in [1.165, 1.54) is 0 Å². The molecule has 1 unspecified atom stereocenters. The number of benzene rings is 1. The summed E-state index contributed by atoms with van der Waals surface area (Å²) in [5.74, 6) is 0.435. The predicted molar refractivity (Wildman–Crippen MR) is 104 cm³/mol. The van der Waals surface area contributed by atoms with E-state index in [1.54, 1.807) is 43.4 Å². The summed E-state index contributed by atoms with van der Waals surface area (Å²) < 4.78 is 21.1. The van der Waals surface area contributed by atoms with Crippen molar-refractivity contribution >= 4 is 36.5 Å². The topological polar surface area (TPSA) is 161 Å². The van der Waals surface area contributed by atoms with E-state index in [2.05, 4.69) is 30.4 Å². The molecule has 1 amide bonds. The summed E-state index contributed by atoms with van der Waals surface area (Å²) in [6, 6.07) is 9.79. The summed E-state index contributed by atoms with van der Waals surface area (Å²) >= 11 is 0. The first-order valence-corrected chi connectivity index (χ1v) is 10.1. The number of anilines is 2. The lowest BCUT2D eigenvalue weighted by atomic mass is 10.3. The first-order valence-electron chi connectivity index (χ1n) is 8.08. The monoisotopic (exact) mass is 408 g/mol. The molecule has 11 nitrogen and oxygen atoms in total. The fraction of sp³-hybridized carbons (Fsp3) is 0.250. The minimum absolute atomic E-state index is 0.0833. The zero-order chi connectivity index (χ0) is 20.6. The van der Waals surface area contributed by atoms with Crippen LogP contribution in [0.4, 0.5) is 23.0 Å². The van der Waals surface area contributed by atoms with Crippen LogP contribution in [0, 0.1) is 0 Å². The number of likely N-dealkylation sites (N-methyl/N-ethyl adjacent to an activating group) is 1. The Morgan fingerprint density at radius 3 is 2.64 bits per heavy atom. The number of azo groups is 1. The molecule has 0 aliphatic rings. The van der Waals surface area contributed by atoms with Gasteiger partial charge in [0.15, 0.2) is 12.6 Å². The van der Waals surface area contributed by atoms with Gasteiger partial charge in [0.2, 0.25) is 5.91 Å². The van der Waals surface area contributed by atoms with Crippen LogP contribution in [0.3, 0.4) is 0 Å². The van der Waals surface area contributed by atoms with Gasteiger partial charge >= 0.3 is 7.60 Å². The summed E-state index contributed by atoms with van der Waals surface area (Å²) in [5, 5.41) is 13.4. The van der Waals surface area contributed by atoms with Crippen molar-refractivity contribution in [3.63, 3.8) is 0 Å². The van der Waals surface area contributed by atoms with Gasteiger partial charge in [-0.25, -0.2) is 4.98 Å². The molecular weight excluding hydrogens is 387 g/mol. The number of nitrogens with zero attached hydrogens (tertiary/aromatic N) is 3. The molecule has 2 aromatic rings. The second-order valence-corrected chi connectivity index (χ2v) is 7.41. The van der Waals surface area contributed by atoms with Crippen LogP contribution in [0.25, 0.3) is 0 Å². The Morgan fingerprint density at radius 2 is 1.96 bits per heavy atom. The fourth-order valence-electron chi connectivity index (χ4n) is 1.93. The number of ether oxygens (including phenoxy) is 1.